The number of likely N-dealkylation sites (tertiary alicyclic amines) is 1. The van der Waals surface area contributed by atoms with Gasteiger partial charge in [-0.15, -0.1) is 0 Å². The van der Waals surface area contributed by atoms with E-state index >= 15 is 0 Å². The molecule has 2 saturated heterocycles. The van der Waals surface area contributed by atoms with Crippen LogP contribution in [-0.2, 0) is 11.3 Å². The topological polar surface area (TPSA) is 104 Å². The Kier molecular flexibility index (Phi) is 7.11. The van der Waals surface area contributed by atoms with Gasteiger partial charge in [-0.2, -0.15) is 0 Å². The van der Waals surface area contributed by atoms with E-state index in [-0.39, 0.29) is 43.3 Å². The number of β-amino-alcohol motifs (C(OH)–C–C–N with tert-alkyl or cyclic N) is 1. The quantitative estimate of drug-likeness (QED) is 0.476. The van der Waals surface area contributed by atoms with Gasteiger partial charge in [-0.1, -0.05) is 19.9 Å². The number of aliphatic hydroxyl groups excluding tert-OH is 2. The van der Waals surface area contributed by atoms with Crippen LogP contribution in [0.3, 0.4) is 0 Å². The maximum Gasteiger partial charge on any atom is 0.223 e. The van der Waals surface area contributed by atoms with Crippen molar-refractivity contribution in [2.75, 3.05) is 31.6 Å². The van der Waals surface area contributed by atoms with Gasteiger partial charge in [-0.05, 0) is 35.6 Å². The summed E-state index contributed by atoms with van der Waals surface area (Å²) in [5, 5.41) is 24.0. The smallest absolute Gasteiger partial charge is 0.223 e. The summed E-state index contributed by atoms with van der Waals surface area (Å²) in [6, 6.07) is 5.23. The molecule has 3 N–H and O–H groups in total. The molecule has 5 rings (SSSR count). The molecule has 3 aromatic rings. The number of hydrogen-bond donors (Lipinski definition) is 3. The molecule has 2 aliphatic heterocycles. The summed E-state index contributed by atoms with van der Waals surface area (Å²) in [5.74, 6) is -0.179. The van der Waals surface area contributed by atoms with Crippen molar-refractivity contribution >= 4 is 16.9 Å². The van der Waals surface area contributed by atoms with Crippen molar-refractivity contribution in [1.29, 1.82) is 0 Å². The van der Waals surface area contributed by atoms with Gasteiger partial charge >= 0.3 is 0 Å². The van der Waals surface area contributed by atoms with Crippen molar-refractivity contribution in [2.45, 2.75) is 57.2 Å². The first-order chi connectivity index (χ1) is 17.3. The van der Waals surface area contributed by atoms with Crippen LogP contribution >= 0.6 is 0 Å². The second-order valence-corrected chi connectivity index (χ2v) is 9.93. The van der Waals surface area contributed by atoms with E-state index in [2.05, 4.69) is 34.1 Å². The molecule has 0 aliphatic carbocycles. The number of fused-ring (bicyclic) bond motifs is 1. The molecule has 0 saturated carbocycles. The molecule has 2 aromatic heterocycles. The molecule has 0 spiro atoms. The molecule has 0 bridgehead atoms. The van der Waals surface area contributed by atoms with Crippen LogP contribution in [0.4, 0.5) is 14.7 Å². The Labute approximate surface area is 208 Å². The minimum Gasteiger partial charge on any atom is -0.389 e. The van der Waals surface area contributed by atoms with Crippen molar-refractivity contribution in [3.05, 3.63) is 47.5 Å². The van der Waals surface area contributed by atoms with Gasteiger partial charge in [-0.3, -0.25) is 9.88 Å². The van der Waals surface area contributed by atoms with Crippen molar-refractivity contribution in [1.82, 2.24) is 19.9 Å². The molecular formula is C26H31F2N5O3. The molecule has 2 fully saturated rings. The summed E-state index contributed by atoms with van der Waals surface area (Å²) in [5.41, 5.74) is 3.51. The van der Waals surface area contributed by atoms with Crippen LogP contribution in [-0.4, -0.2) is 80.8 Å². The number of nitrogens with one attached hydrogen (secondary N) is 1. The highest BCUT2D eigenvalue weighted by Crippen LogP contribution is 2.33. The molecular weight excluding hydrogens is 468 g/mol. The lowest BCUT2D eigenvalue weighted by molar-refractivity contribution is -0.0136. The van der Waals surface area contributed by atoms with Gasteiger partial charge in [0.1, 0.15) is 11.9 Å². The lowest BCUT2D eigenvalue weighted by Gasteiger charge is -2.28. The zero-order chi connectivity index (χ0) is 25.4. The van der Waals surface area contributed by atoms with Gasteiger partial charge in [0.25, 0.3) is 0 Å². The molecule has 4 heterocycles. The Bertz CT molecular complexity index is 1230. The molecule has 1 aromatic carbocycles. The summed E-state index contributed by atoms with van der Waals surface area (Å²) in [6.45, 7) is 5.83. The number of halogens is 2. The number of anilines is 1. The lowest BCUT2D eigenvalue weighted by atomic mass is 9.92. The Morgan fingerprint density at radius 1 is 1.17 bits per heavy atom. The normalized spacial score (nSPS) is 25.1. The predicted octanol–water partition coefficient (Wildman–Crippen LogP) is 3.03. The van der Waals surface area contributed by atoms with E-state index in [1.54, 1.807) is 6.07 Å². The highest BCUT2D eigenvalue weighted by molar-refractivity contribution is 5.88. The maximum atomic E-state index is 14.9. The van der Waals surface area contributed by atoms with Gasteiger partial charge in [0, 0.05) is 43.4 Å². The van der Waals surface area contributed by atoms with E-state index in [9.17, 15) is 19.0 Å². The van der Waals surface area contributed by atoms with E-state index in [4.69, 9.17) is 4.74 Å². The summed E-state index contributed by atoms with van der Waals surface area (Å²) < 4.78 is 34.0. The van der Waals surface area contributed by atoms with Gasteiger partial charge in [0.2, 0.25) is 5.95 Å². The first kappa shape index (κ1) is 24.9. The summed E-state index contributed by atoms with van der Waals surface area (Å²) >= 11 is 0. The maximum absolute atomic E-state index is 14.9. The fraction of sp³-hybridized carbons (Fsp3) is 0.500. The third-order valence-corrected chi connectivity index (χ3v) is 6.92. The highest BCUT2D eigenvalue weighted by Gasteiger charge is 2.31. The summed E-state index contributed by atoms with van der Waals surface area (Å²) in [6.07, 6.45) is 0.610. The monoisotopic (exact) mass is 499 g/mol. The Balaban J connectivity index is 1.49. The predicted molar refractivity (Wildman–Crippen MR) is 132 cm³/mol. The number of pyridine rings is 1. The van der Waals surface area contributed by atoms with Crippen molar-refractivity contribution in [2.24, 2.45) is 0 Å². The van der Waals surface area contributed by atoms with Crippen molar-refractivity contribution in [3.8, 4) is 11.3 Å². The van der Waals surface area contributed by atoms with E-state index in [0.717, 1.165) is 28.2 Å². The fourth-order valence-corrected chi connectivity index (χ4v) is 5.10. The SMILES string of the molecule is CC(C)c1c(CN2C[C@@H](O)[C@H](F)C2)cnc2ccc(-c3nc(N[C@@H]4CCOC[C@H]4O)ncc3F)cc12. The van der Waals surface area contributed by atoms with Crippen LogP contribution in [0, 0.1) is 5.82 Å². The number of benzene rings is 1. The minimum absolute atomic E-state index is 0.136. The molecule has 36 heavy (non-hydrogen) atoms. The lowest BCUT2D eigenvalue weighted by Crippen LogP contribution is -2.42. The number of aliphatic hydroxyl groups is 2. The van der Waals surface area contributed by atoms with Gasteiger partial charge in [0.15, 0.2) is 5.82 Å². The van der Waals surface area contributed by atoms with Crippen LogP contribution < -0.4 is 5.32 Å². The Morgan fingerprint density at radius 2 is 2.00 bits per heavy atom. The largest absolute Gasteiger partial charge is 0.389 e. The van der Waals surface area contributed by atoms with Crippen LogP contribution in [0.2, 0.25) is 0 Å². The number of aromatic nitrogens is 3. The highest BCUT2D eigenvalue weighted by atomic mass is 19.1. The van der Waals surface area contributed by atoms with Crippen LogP contribution in [0.15, 0.2) is 30.6 Å². The molecule has 8 nitrogen and oxygen atoms in total. The van der Waals surface area contributed by atoms with Crippen LogP contribution in [0.1, 0.15) is 37.3 Å². The number of alkyl halides is 1. The van der Waals surface area contributed by atoms with Crippen LogP contribution in [0.25, 0.3) is 22.2 Å². The van der Waals surface area contributed by atoms with Gasteiger partial charge < -0.3 is 20.3 Å². The second kappa shape index (κ2) is 10.3. The molecule has 192 valence electrons. The Hall–Kier alpha value is -2.79. The van der Waals surface area contributed by atoms with E-state index in [0.29, 0.717) is 25.1 Å². The van der Waals surface area contributed by atoms with E-state index in [1.807, 2.05) is 23.2 Å². The molecule has 0 unspecified atom stereocenters. The zero-order valence-corrected chi connectivity index (χ0v) is 20.4. The standard InChI is InChI=1S/C26H31F2N5O3/c1-14(2)24-16(10-33-11-19(28)22(34)12-33)8-29-20-4-3-15(7-17(20)24)25-18(27)9-30-26(32-25)31-21-5-6-36-13-23(21)35/h3-4,7-9,14,19,21-23,34-35H,5-6,10-13H2,1-2H3,(H,30,31,32)/t19-,21-,22-,23-/m1/s1. The third-order valence-electron chi connectivity index (χ3n) is 6.92. The zero-order valence-electron chi connectivity index (χ0n) is 20.4. The third kappa shape index (κ3) is 5.04. The number of nitrogens with zero attached hydrogens (tertiary/aromatic N) is 4. The van der Waals surface area contributed by atoms with Crippen LogP contribution in [0.5, 0.6) is 0 Å². The summed E-state index contributed by atoms with van der Waals surface area (Å²) in [4.78, 5) is 15.0. The molecule has 0 amide bonds. The Morgan fingerprint density at radius 3 is 2.72 bits per heavy atom. The van der Waals surface area contributed by atoms with Gasteiger partial charge in [0.05, 0.1) is 36.6 Å². The van der Waals surface area contributed by atoms with E-state index < -0.39 is 24.2 Å². The fourth-order valence-electron chi connectivity index (χ4n) is 5.10. The average molecular weight is 500 g/mol. The first-order valence-corrected chi connectivity index (χ1v) is 12.3. The number of rotatable bonds is 6. The molecule has 10 heteroatoms. The average Bonchev–Trinajstić information content (AvgIpc) is 3.17. The molecule has 0 radical (unpaired) electrons. The van der Waals surface area contributed by atoms with Gasteiger partial charge in [-0.25, -0.2) is 18.7 Å². The van der Waals surface area contributed by atoms with Crippen molar-refractivity contribution < 1.29 is 23.7 Å². The summed E-state index contributed by atoms with van der Waals surface area (Å²) in [7, 11) is 0. The number of ether oxygens (including phenoxy) is 1. The molecule has 4 atom stereocenters. The van der Waals surface area contributed by atoms with E-state index in [1.165, 1.54) is 0 Å². The second-order valence-electron chi connectivity index (χ2n) is 9.93. The molecule has 2 aliphatic rings. The minimum atomic E-state index is -1.25. The first-order valence-electron chi connectivity index (χ1n) is 12.3. The van der Waals surface area contributed by atoms with Crippen molar-refractivity contribution in [3.63, 3.8) is 0 Å². The number of hydrogen-bond acceptors (Lipinski definition) is 8.